The lowest BCUT2D eigenvalue weighted by molar-refractivity contribution is 0.0599. The molecule has 2 rings (SSSR count). The van der Waals surface area contributed by atoms with Crippen LogP contribution in [0.1, 0.15) is 27.1 Å². The third-order valence-corrected chi connectivity index (χ3v) is 3.93. The molecule has 1 fully saturated rings. The highest BCUT2D eigenvalue weighted by atomic mass is 16.5. The summed E-state index contributed by atoms with van der Waals surface area (Å²) >= 11 is 0. The number of rotatable bonds is 5. The van der Waals surface area contributed by atoms with Gasteiger partial charge in [0.1, 0.15) is 0 Å². The number of hydrogen-bond acceptors (Lipinski definition) is 6. The first-order valence-corrected chi connectivity index (χ1v) is 7.86. The topological polar surface area (TPSA) is 94.2 Å². The highest BCUT2D eigenvalue weighted by Gasteiger charge is 2.21. The van der Waals surface area contributed by atoms with Crippen molar-refractivity contribution in [3.63, 3.8) is 0 Å². The summed E-state index contributed by atoms with van der Waals surface area (Å²) in [6.07, 6.45) is 0.919. The van der Waals surface area contributed by atoms with Gasteiger partial charge in [0.2, 0.25) is 0 Å². The van der Waals surface area contributed by atoms with E-state index in [-0.39, 0.29) is 17.2 Å². The van der Waals surface area contributed by atoms with Crippen molar-refractivity contribution in [2.45, 2.75) is 6.42 Å². The van der Waals surface area contributed by atoms with Crippen LogP contribution in [0.25, 0.3) is 0 Å². The van der Waals surface area contributed by atoms with Gasteiger partial charge in [-0.15, -0.1) is 0 Å². The molecule has 0 aromatic heterocycles. The number of benzene rings is 1. The number of hydrogen-bond donors (Lipinski definition) is 1. The molecule has 0 spiro atoms. The van der Waals surface area contributed by atoms with E-state index in [2.05, 4.69) is 14.8 Å². The van der Waals surface area contributed by atoms with Gasteiger partial charge in [0.15, 0.2) is 0 Å². The second-order valence-corrected chi connectivity index (χ2v) is 5.82. The Balaban J connectivity index is 2.14. The number of carbonyl (C=O) groups excluding carboxylic acids is 3. The maximum Gasteiger partial charge on any atom is 0.337 e. The largest absolute Gasteiger partial charge is 0.465 e. The second-order valence-electron chi connectivity index (χ2n) is 5.82. The highest BCUT2D eigenvalue weighted by molar-refractivity contribution is 5.99. The van der Waals surface area contributed by atoms with Crippen molar-refractivity contribution in [1.82, 2.24) is 4.90 Å². The summed E-state index contributed by atoms with van der Waals surface area (Å²) in [6, 6.07) is 3.91. The fourth-order valence-corrected chi connectivity index (χ4v) is 2.59. The molecule has 25 heavy (non-hydrogen) atoms. The summed E-state index contributed by atoms with van der Waals surface area (Å²) in [5.74, 6) is -0.918. The van der Waals surface area contributed by atoms with E-state index in [4.69, 9.17) is 4.74 Å². The van der Waals surface area contributed by atoms with Gasteiger partial charge in [-0.3, -0.25) is 0 Å². The monoisotopic (exact) mass is 350 g/mol. The van der Waals surface area contributed by atoms with Crippen molar-refractivity contribution >= 4 is 23.7 Å². The second kappa shape index (κ2) is 8.48. The van der Waals surface area contributed by atoms with E-state index in [9.17, 15) is 14.4 Å². The highest BCUT2D eigenvalue weighted by Crippen LogP contribution is 2.18. The third-order valence-electron chi connectivity index (χ3n) is 3.93. The fourth-order valence-electron chi connectivity index (χ4n) is 2.59. The van der Waals surface area contributed by atoms with E-state index >= 15 is 0 Å². The zero-order chi connectivity index (χ0) is 18.4. The van der Waals surface area contributed by atoms with Crippen LogP contribution < -0.4 is 5.32 Å². The summed E-state index contributed by atoms with van der Waals surface area (Å²) in [4.78, 5) is 37.4. The lowest BCUT2D eigenvalue weighted by Gasteiger charge is -2.21. The lowest BCUT2D eigenvalue weighted by Crippen LogP contribution is -2.35. The van der Waals surface area contributed by atoms with Gasteiger partial charge < -0.3 is 24.4 Å². The standard InChI is InChI=1S/C17H22N2O6/c1-19(9-11-4-5-25-10-11)17(22)18-14-7-12(15(20)23-2)6-13(8-14)16(21)24-3/h6-8,11H,4-5,9-10H2,1-3H3,(H,18,22)/t11-/m0/s1. The van der Waals surface area contributed by atoms with Gasteiger partial charge >= 0.3 is 18.0 Å². The first kappa shape index (κ1) is 18.7. The molecule has 0 radical (unpaired) electrons. The van der Waals surface area contributed by atoms with E-state index in [1.165, 1.54) is 32.4 Å². The molecule has 0 aliphatic carbocycles. The van der Waals surface area contributed by atoms with Gasteiger partial charge in [0.05, 0.1) is 32.0 Å². The average molecular weight is 350 g/mol. The van der Waals surface area contributed by atoms with Crippen LogP contribution in [0.4, 0.5) is 10.5 Å². The van der Waals surface area contributed by atoms with Crippen molar-refractivity contribution < 1.29 is 28.6 Å². The quantitative estimate of drug-likeness (QED) is 0.813. The Morgan fingerprint density at radius 3 is 2.24 bits per heavy atom. The molecule has 1 aromatic carbocycles. The van der Waals surface area contributed by atoms with Crippen LogP contribution in [0.2, 0.25) is 0 Å². The zero-order valence-electron chi connectivity index (χ0n) is 14.5. The van der Waals surface area contributed by atoms with E-state index < -0.39 is 11.9 Å². The summed E-state index contributed by atoms with van der Waals surface area (Å²) in [5, 5.41) is 2.68. The van der Waals surface area contributed by atoms with Crippen LogP contribution in [-0.4, -0.2) is 63.9 Å². The summed E-state index contributed by atoms with van der Waals surface area (Å²) < 4.78 is 14.6. The Labute approximate surface area is 146 Å². The summed E-state index contributed by atoms with van der Waals surface area (Å²) in [5.41, 5.74) is 0.600. The Kier molecular flexibility index (Phi) is 6.35. The molecule has 1 aliphatic rings. The van der Waals surface area contributed by atoms with Crippen molar-refractivity contribution in [2.75, 3.05) is 46.3 Å². The van der Waals surface area contributed by atoms with Gasteiger partial charge in [0.25, 0.3) is 0 Å². The number of ether oxygens (including phenoxy) is 3. The third kappa shape index (κ3) is 4.93. The minimum Gasteiger partial charge on any atom is -0.465 e. The Morgan fingerprint density at radius 2 is 1.76 bits per heavy atom. The molecule has 0 saturated carbocycles. The Hall–Kier alpha value is -2.61. The van der Waals surface area contributed by atoms with Crippen molar-refractivity contribution in [3.05, 3.63) is 29.3 Å². The molecular formula is C17H22N2O6. The molecule has 1 saturated heterocycles. The van der Waals surface area contributed by atoms with Crippen molar-refractivity contribution in [3.8, 4) is 0 Å². The van der Waals surface area contributed by atoms with Crippen LogP contribution in [-0.2, 0) is 14.2 Å². The molecule has 8 nitrogen and oxygen atoms in total. The number of methoxy groups -OCH3 is 2. The molecule has 1 atom stereocenters. The Bertz CT molecular complexity index is 620. The zero-order valence-corrected chi connectivity index (χ0v) is 14.5. The SMILES string of the molecule is COC(=O)c1cc(NC(=O)N(C)C[C@@H]2CCOC2)cc(C(=O)OC)c1. The molecule has 1 aliphatic heterocycles. The number of urea groups is 1. The van der Waals surface area contributed by atoms with E-state index in [1.807, 2.05) is 0 Å². The minimum atomic E-state index is -0.613. The van der Waals surface area contributed by atoms with E-state index in [0.717, 1.165) is 6.42 Å². The first-order chi connectivity index (χ1) is 11.9. The fraction of sp³-hybridized carbons (Fsp3) is 0.471. The number of amides is 2. The summed E-state index contributed by atoms with van der Waals surface area (Å²) in [7, 11) is 4.16. The molecule has 8 heteroatoms. The number of nitrogens with zero attached hydrogens (tertiary/aromatic N) is 1. The van der Waals surface area contributed by atoms with Crippen LogP contribution in [0.3, 0.4) is 0 Å². The van der Waals surface area contributed by atoms with Gasteiger partial charge in [-0.25, -0.2) is 14.4 Å². The minimum absolute atomic E-state index is 0.146. The van der Waals surface area contributed by atoms with Crippen LogP contribution in [0.15, 0.2) is 18.2 Å². The molecule has 136 valence electrons. The van der Waals surface area contributed by atoms with Crippen LogP contribution >= 0.6 is 0 Å². The van der Waals surface area contributed by atoms with Crippen LogP contribution in [0.5, 0.6) is 0 Å². The van der Waals surface area contributed by atoms with Crippen molar-refractivity contribution in [2.24, 2.45) is 5.92 Å². The van der Waals surface area contributed by atoms with Gasteiger partial charge in [0, 0.05) is 31.8 Å². The van der Waals surface area contributed by atoms with Crippen molar-refractivity contribution in [1.29, 1.82) is 0 Å². The predicted molar refractivity (Wildman–Crippen MR) is 89.7 cm³/mol. The maximum absolute atomic E-state index is 12.3. The van der Waals surface area contributed by atoms with Gasteiger partial charge in [-0.1, -0.05) is 0 Å². The van der Waals surface area contributed by atoms with E-state index in [0.29, 0.717) is 31.4 Å². The van der Waals surface area contributed by atoms with Gasteiger partial charge in [-0.2, -0.15) is 0 Å². The average Bonchev–Trinajstić information content (AvgIpc) is 3.12. The summed E-state index contributed by atoms with van der Waals surface area (Å²) in [6.45, 7) is 1.91. The van der Waals surface area contributed by atoms with E-state index in [1.54, 1.807) is 11.9 Å². The molecular weight excluding hydrogens is 328 g/mol. The smallest absolute Gasteiger partial charge is 0.337 e. The molecule has 1 heterocycles. The number of anilines is 1. The molecule has 2 amide bonds. The van der Waals surface area contributed by atoms with Crippen LogP contribution in [0, 0.1) is 5.92 Å². The maximum atomic E-state index is 12.3. The van der Waals surface area contributed by atoms with Gasteiger partial charge in [-0.05, 0) is 24.6 Å². The molecule has 0 unspecified atom stereocenters. The lowest BCUT2D eigenvalue weighted by atomic mass is 10.1. The molecule has 1 aromatic rings. The molecule has 0 bridgehead atoms. The first-order valence-electron chi connectivity index (χ1n) is 7.86. The Morgan fingerprint density at radius 1 is 1.16 bits per heavy atom. The normalized spacial score (nSPS) is 16.2. The predicted octanol–water partition coefficient (Wildman–Crippen LogP) is 1.76. The number of esters is 2. The molecule has 1 N–H and O–H groups in total. The number of carbonyl (C=O) groups is 3. The number of nitrogens with one attached hydrogen (secondary N) is 1.